The summed E-state index contributed by atoms with van der Waals surface area (Å²) in [5.74, 6) is 0.511. The van der Waals surface area contributed by atoms with Crippen LogP contribution in [0.5, 0.6) is 0 Å². The molecule has 0 amide bonds. The lowest BCUT2D eigenvalue weighted by Crippen LogP contribution is -2.16. The second kappa shape index (κ2) is 10.7. The van der Waals surface area contributed by atoms with Crippen LogP contribution < -0.4 is 0 Å². The third kappa shape index (κ3) is 4.28. The molecule has 0 aliphatic carbocycles. The van der Waals surface area contributed by atoms with Crippen molar-refractivity contribution >= 4 is 44.7 Å². The molecule has 8 aromatic rings. The molecule has 0 saturated carbocycles. The van der Waals surface area contributed by atoms with Gasteiger partial charge < -0.3 is 4.42 Å². The molecule has 46 heavy (non-hydrogen) atoms. The lowest BCUT2D eigenvalue weighted by atomic mass is 9.79. The van der Waals surface area contributed by atoms with Gasteiger partial charge in [0.25, 0.3) is 0 Å². The summed E-state index contributed by atoms with van der Waals surface area (Å²) in [5, 5.41) is 3.38. The molecule has 3 nitrogen and oxygen atoms in total. The van der Waals surface area contributed by atoms with Crippen LogP contribution in [0, 0.1) is 5.92 Å². The van der Waals surface area contributed by atoms with E-state index in [0.717, 1.165) is 72.0 Å². The van der Waals surface area contributed by atoms with E-state index in [1.54, 1.807) is 0 Å². The van der Waals surface area contributed by atoms with Gasteiger partial charge >= 0.3 is 0 Å². The molecule has 2 aromatic heterocycles. The first-order chi connectivity index (χ1) is 22.7. The maximum absolute atomic E-state index is 6.34. The van der Waals surface area contributed by atoms with Gasteiger partial charge in [0.05, 0.1) is 16.9 Å². The molecule has 2 unspecified atom stereocenters. The zero-order chi connectivity index (χ0) is 30.6. The van der Waals surface area contributed by atoms with E-state index in [1.807, 2.05) is 12.1 Å². The molecule has 0 fully saturated rings. The molecule has 0 saturated heterocycles. The Bertz CT molecular complexity index is 2420. The van der Waals surface area contributed by atoms with E-state index in [1.165, 1.54) is 11.1 Å². The van der Waals surface area contributed by atoms with E-state index in [4.69, 9.17) is 14.4 Å². The van der Waals surface area contributed by atoms with Gasteiger partial charge in [-0.3, -0.25) is 4.99 Å². The average Bonchev–Trinajstić information content (AvgIpc) is 3.51. The van der Waals surface area contributed by atoms with E-state index >= 15 is 0 Å². The number of nitrogens with zero attached hydrogens (tertiary/aromatic N) is 2. The van der Waals surface area contributed by atoms with Crippen molar-refractivity contribution in [1.82, 2.24) is 4.98 Å². The minimum absolute atomic E-state index is 0.226. The largest absolute Gasteiger partial charge is 0.455 e. The summed E-state index contributed by atoms with van der Waals surface area (Å²) in [6.07, 6.45) is 2.10. The second-order valence-corrected chi connectivity index (χ2v) is 12.2. The molecule has 1 aliphatic rings. The molecule has 0 N–H and O–H groups in total. The summed E-state index contributed by atoms with van der Waals surface area (Å²) >= 11 is 0. The number of aromatic nitrogens is 1. The van der Waals surface area contributed by atoms with Crippen molar-refractivity contribution in [3.8, 4) is 33.5 Å². The average molecular weight is 591 g/mol. The monoisotopic (exact) mass is 590 g/mol. The van der Waals surface area contributed by atoms with Gasteiger partial charge in [0.2, 0.25) is 0 Å². The number of rotatable bonds is 4. The van der Waals surface area contributed by atoms with Gasteiger partial charge in [-0.15, -0.1) is 0 Å². The van der Waals surface area contributed by atoms with Crippen molar-refractivity contribution in [2.45, 2.75) is 12.8 Å². The van der Waals surface area contributed by atoms with Crippen LogP contribution in [0.3, 0.4) is 0 Å². The fourth-order valence-electron chi connectivity index (χ4n) is 7.18. The quantitative estimate of drug-likeness (QED) is 0.204. The summed E-state index contributed by atoms with van der Waals surface area (Å²) in [6, 6.07) is 51.4. The Balaban J connectivity index is 1.21. The highest BCUT2D eigenvalue weighted by molar-refractivity contribution is 6.09. The minimum atomic E-state index is 0.226. The van der Waals surface area contributed by atoms with Gasteiger partial charge in [0, 0.05) is 45.3 Å². The Hall–Kier alpha value is -5.80. The van der Waals surface area contributed by atoms with Crippen molar-refractivity contribution in [2.24, 2.45) is 10.9 Å². The molecular weight excluding hydrogens is 560 g/mol. The molecule has 0 bridgehead atoms. The van der Waals surface area contributed by atoms with Crippen LogP contribution in [0.1, 0.15) is 24.0 Å². The van der Waals surface area contributed by atoms with Crippen molar-refractivity contribution < 1.29 is 4.42 Å². The maximum Gasteiger partial charge on any atom is 0.143 e. The van der Waals surface area contributed by atoms with Crippen molar-refractivity contribution in [3.05, 3.63) is 157 Å². The first kappa shape index (κ1) is 26.6. The zero-order valence-corrected chi connectivity index (χ0v) is 25.4. The molecule has 2 atom stereocenters. The summed E-state index contributed by atoms with van der Waals surface area (Å²) < 4.78 is 6.34. The highest BCUT2D eigenvalue weighted by atomic mass is 16.3. The Morgan fingerprint density at radius 3 is 2.09 bits per heavy atom. The van der Waals surface area contributed by atoms with Crippen LogP contribution in [0.4, 0.5) is 5.69 Å². The lowest BCUT2D eigenvalue weighted by molar-refractivity contribution is 0.663. The smallest absolute Gasteiger partial charge is 0.143 e. The molecule has 9 rings (SSSR count). The van der Waals surface area contributed by atoms with E-state index in [-0.39, 0.29) is 11.8 Å². The fourth-order valence-corrected chi connectivity index (χ4v) is 7.18. The van der Waals surface area contributed by atoms with Gasteiger partial charge in [0.15, 0.2) is 0 Å². The highest BCUT2D eigenvalue weighted by Gasteiger charge is 2.28. The van der Waals surface area contributed by atoms with E-state index in [2.05, 4.69) is 147 Å². The number of benzene rings is 6. The summed E-state index contributed by atoms with van der Waals surface area (Å²) in [4.78, 5) is 10.4. The first-order valence-corrected chi connectivity index (χ1v) is 15.9. The minimum Gasteiger partial charge on any atom is -0.455 e. The summed E-state index contributed by atoms with van der Waals surface area (Å²) in [6.45, 7) is 2.25. The van der Waals surface area contributed by atoms with Gasteiger partial charge in [-0.1, -0.05) is 140 Å². The number of hydrogen-bond donors (Lipinski definition) is 0. The molecule has 6 aromatic carbocycles. The van der Waals surface area contributed by atoms with Crippen LogP contribution in [-0.4, -0.2) is 11.2 Å². The number of aliphatic imine (C=N–C) groups is 1. The molecule has 3 heteroatoms. The maximum atomic E-state index is 6.34. The third-order valence-electron chi connectivity index (χ3n) is 9.42. The van der Waals surface area contributed by atoms with Gasteiger partial charge in [-0.2, -0.15) is 0 Å². The predicted octanol–water partition coefficient (Wildman–Crippen LogP) is 11.6. The van der Waals surface area contributed by atoms with Crippen molar-refractivity contribution in [3.63, 3.8) is 0 Å². The zero-order valence-electron chi connectivity index (χ0n) is 25.4. The second-order valence-electron chi connectivity index (χ2n) is 12.2. The number of furan rings is 1. The molecule has 1 aliphatic heterocycles. The summed E-state index contributed by atoms with van der Waals surface area (Å²) in [5.41, 5.74) is 12.8. The van der Waals surface area contributed by atoms with E-state index in [9.17, 15) is 0 Å². The number of fused-ring (bicyclic) bond motifs is 6. The number of pyridine rings is 1. The fraction of sp³-hybridized carbons (Fsp3) is 0.0698. The lowest BCUT2D eigenvalue weighted by Gasteiger charge is -2.28. The summed E-state index contributed by atoms with van der Waals surface area (Å²) in [7, 11) is 0. The third-order valence-corrected chi connectivity index (χ3v) is 9.42. The normalized spacial score (nSPS) is 15.8. The van der Waals surface area contributed by atoms with Gasteiger partial charge in [-0.05, 0) is 39.9 Å². The predicted molar refractivity (Wildman–Crippen MR) is 191 cm³/mol. The number of para-hydroxylation sites is 2. The topological polar surface area (TPSA) is 38.4 Å². The van der Waals surface area contributed by atoms with Crippen molar-refractivity contribution in [1.29, 1.82) is 0 Å². The first-order valence-electron chi connectivity index (χ1n) is 15.9. The van der Waals surface area contributed by atoms with Crippen molar-refractivity contribution in [2.75, 3.05) is 0 Å². The SMILES string of the molecule is CC1C=Nc2c(ccc3c(-c4ccccc4)cc(-c4ccc(-c5cccc6c5oc5ccccc56)cc4)nc23)C1c1ccccc1. The van der Waals surface area contributed by atoms with Crippen LogP contribution in [0.15, 0.2) is 155 Å². The van der Waals surface area contributed by atoms with Crippen LogP contribution in [-0.2, 0) is 0 Å². The molecule has 3 heterocycles. The Labute approximate surface area is 267 Å². The standard InChI is InChI=1S/C43H30N2O/c1-27-26-44-41-36(40(27)31-13-6-3-7-14-31)24-23-34-37(28-11-4-2-5-12-28)25-38(45-42(34)41)30-21-19-29(20-22-30)32-16-10-17-35-33-15-8-9-18-39(33)46-43(32)35/h2-27,40H,1H3. The van der Waals surface area contributed by atoms with Gasteiger partial charge in [-0.25, -0.2) is 4.98 Å². The van der Waals surface area contributed by atoms with E-state index < -0.39 is 0 Å². The molecule has 0 spiro atoms. The Morgan fingerprint density at radius 2 is 1.26 bits per heavy atom. The molecule has 0 radical (unpaired) electrons. The Morgan fingerprint density at radius 1 is 0.565 bits per heavy atom. The highest BCUT2D eigenvalue weighted by Crippen LogP contribution is 2.46. The van der Waals surface area contributed by atoms with Crippen LogP contribution in [0.2, 0.25) is 0 Å². The Kier molecular flexibility index (Phi) is 6.17. The van der Waals surface area contributed by atoms with Crippen LogP contribution in [0.25, 0.3) is 66.4 Å². The van der Waals surface area contributed by atoms with E-state index in [0.29, 0.717) is 0 Å². The number of hydrogen-bond acceptors (Lipinski definition) is 3. The molecule has 218 valence electrons. The van der Waals surface area contributed by atoms with Crippen LogP contribution >= 0.6 is 0 Å². The van der Waals surface area contributed by atoms with Gasteiger partial charge in [0.1, 0.15) is 11.2 Å². The molecular formula is C43H30N2O.